The van der Waals surface area contributed by atoms with E-state index in [1.807, 2.05) is 62.0 Å². The topological polar surface area (TPSA) is 63.1 Å². The van der Waals surface area contributed by atoms with Gasteiger partial charge in [0, 0.05) is 54.2 Å². The molecule has 1 N–H and O–H groups in total. The maximum absolute atomic E-state index is 12.7. The van der Waals surface area contributed by atoms with Crippen molar-refractivity contribution in [3.63, 3.8) is 0 Å². The summed E-state index contributed by atoms with van der Waals surface area (Å²) in [6, 6.07) is 12.0. The van der Waals surface area contributed by atoms with E-state index in [0.29, 0.717) is 0 Å². The fourth-order valence-electron chi connectivity index (χ4n) is 3.66. The van der Waals surface area contributed by atoms with Gasteiger partial charge in [0.1, 0.15) is 0 Å². The maximum atomic E-state index is 12.7. The van der Waals surface area contributed by atoms with Crippen molar-refractivity contribution in [1.29, 1.82) is 0 Å². The zero-order valence-electron chi connectivity index (χ0n) is 16.3. The molecule has 28 heavy (non-hydrogen) atoms. The molecule has 1 saturated heterocycles. The molecule has 1 fully saturated rings. The van der Waals surface area contributed by atoms with Gasteiger partial charge >= 0.3 is 0 Å². The zero-order valence-corrected chi connectivity index (χ0v) is 16.3. The lowest BCUT2D eigenvalue weighted by atomic mass is 9.95. The summed E-state index contributed by atoms with van der Waals surface area (Å²) in [5.74, 6) is 0.160. The van der Waals surface area contributed by atoms with E-state index in [9.17, 15) is 4.79 Å². The van der Waals surface area contributed by atoms with Crippen LogP contribution in [0, 0.1) is 19.8 Å². The lowest BCUT2D eigenvalue weighted by molar-refractivity contribution is -0.120. The predicted octanol–water partition coefficient (Wildman–Crippen LogP) is 3.74. The number of imidazole rings is 1. The first-order valence-electron chi connectivity index (χ1n) is 9.68. The van der Waals surface area contributed by atoms with Crippen molar-refractivity contribution in [3.05, 3.63) is 66.5 Å². The third-order valence-electron chi connectivity index (χ3n) is 5.56. The van der Waals surface area contributed by atoms with Crippen molar-refractivity contribution < 1.29 is 4.79 Å². The minimum absolute atomic E-state index is 0.0521. The van der Waals surface area contributed by atoms with E-state index in [1.165, 1.54) is 5.69 Å². The predicted molar refractivity (Wildman–Crippen MR) is 111 cm³/mol. The number of nitrogens with zero attached hydrogens (tertiary/aromatic N) is 4. The van der Waals surface area contributed by atoms with Crippen molar-refractivity contribution in [1.82, 2.24) is 14.5 Å². The van der Waals surface area contributed by atoms with E-state index in [1.54, 1.807) is 0 Å². The van der Waals surface area contributed by atoms with Crippen LogP contribution in [0.2, 0.25) is 0 Å². The number of benzene rings is 1. The van der Waals surface area contributed by atoms with Gasteiger partial charge in [-0.1, -0.05) is 0 Å². The lowest BCUT2D eigenvalue weighted by Gasteiger charge is -2.32. The molecule has 2 aromatic heterocycles. The summed E-state index contributed by atoms with van der Waals surface area (Å²) in [5.41, 5.74) is 5.20. The molecule has 0 unspecified atom stereocenters. The van der Waals surface area contributed by atoms with Crippen LogP contribution in [0.1, 0.15) is 24.2 Å². The van der Waals surface area contributed by atoms with Gasteiger partial charge in [-0.25, -0.2) is 4.98 Å². The Hall–Kier alpha value is -3.15. The van der Waals surface area contributed by atoms with E-state index < -0.39 is 0 Å². The first-order chi connectivity index (χ1) is 13.6. The van der Waals surface area contributed by atoms with Gasteiger partial charge < -0.3 is 14.8 Å². The van der Waals surface area contributed by atoms with Crippen LogP contribution in [0.3, 0.4) is 0 Å². The molecule has 0 saturated carbocycles. The summed E-state index contributed by atoms with van der Waals surface area (Å²) in [7, 11) is 0. The molecule has 144 valence electrons. The van der Waals surface area contributed by atoms with E-state index in [0.717, 1.165) is 48.7 Å². The Morgan fingerprint density at radius 3 is 2.29 bits per heavy atom. The van der Waals surface area contributed by atoms with Crippen LogP contribution in [-0.4, -0.2) is 33.5 Å². The van der Waals surface area contributed by atoms with Gasteiger partial charge in [-0.05, 0) is 63.1 Å². The lowest BCUT2D eigenvalue weighted by Crippen LogP contribution is -2.38. The van der Waals surface area contributed by atoms with Crippen molar-refractivity contribution in [3.8, 4) is 5.69 Å². The Morgan fingerprint density at radius 1 is 1.00 bits per heavy atom. The Morgan fingerprint density at radius 2 is 1.68 bits per heavy atom. The molecule has 6 nitrogen and oxygen atoms in total. The second kappa shape index (κ2) is 7.84. The molecule has 1 amide bonds. The third kappa shape index (κ3) is 3.76. The van der Waals surface area contributed by atoms with Crippen LogP contribution in [0.15, 0.2) is 55.1 Å². The number of carbonyl (C=O) groups excluding carboxylic acids is 1. The Labute approximate surface area is 165 Å². The number of hydrogen-bond acceptors (Lipinski definition) is 4. The second-order valence-corrected chi connectivity index (χ2v) is 7.29. The largest absolute Gasteiger partial charge is 0.371 e. The van der Waals surface area contributed by atoms with Crippen LogP contribution in [0.25, 0.3) is 5.69 Å². The molecule has 0 bridgehead atoms. The van der Waals surface area contributed by atoms with E-state index in [4.69, 9.17) is 0 Å². The molecule has 0 aliphatic carbocycles. The summed E-state index contributed by atoms with van der Waals surface area (Å²) in [6.07, 6.45) is 7.17. The number of hydrogen-bond donors (Lipinski definition) is 1. The van der Waals surface area contributed by atoms with E-state index in [-0.39, 0.29) is 11.8 Å². The number of aromatic nitrogens is 3. The third-order valence-corrected chi connectivity index (χ3v) is 5.56. The van der Waals surface area contributed by atoms with Crippen molar-refractivity contribution >= 4 is 17.3 Å². The molecule has 3 heterocycles. The molecule has 4 rings (SSSR count). The number of pyridine rings is 1. The molecule has 0 radical (unpaired) electrons. The summed E-state index contributed by atoms with van der Waals surface area (Å²) < 4.78 is 2.05. The average Bonchev–Trinajstić information content (AvgIpc) is 3.08. The van der Waals surface area contributed by atoms with Gasteiger partial charge in [-0.15, -0.1) is 0 Å². The number of carbonyl (C=O) groups is 1. The highest BCUT2D eigenvalue weighted by Crippen LogP contribution is 2.24. The van der Waals surface area contributed by atoms with Crippen molar-refractivity contribution in [2.75, 3.05) is 23.3 Å². The van der Waals surface area contributed by atoms with Crippen LogP contribution in [0.4, 0.5) is 11.4 Å². The molecule has 6 heteroatoms. The highest BCUT2D eigenvalue weighted by atomic mass is 16.1. The van der Waals surface area contributed by atoms with Gasteiger partial charge in [0.15, 0.2) is 0 Å². The number of piperidine rings is 1. The second-order valence-electron chi connectivity index (χ2n) is 7.29. The molecule has 1 aliphatic heterocycles. The number of nitrogens with one attached hydrogen (secondary N) is 1. The number of aryl methyl sites for hydroxylation is 1. The number of rotatable bonds is 4. The van der Waals surface area contributed by atoms with Crippen LogP contribution in [0.5, 0.6) is 0 Å². The fourth-order valence-corrected chi connectivity index (χ4v) is 3.66. The van der Waals surface area contributed by atoms with Crippen molar-refractivity contribution in [2.24, 2.45) is 5.92 Å². The first-order valence-corrected chi connectivity index (χ1v) is 9.68. The van der Waals surface area contributed by atoms with E-state index >= 15 is 0 Å². The number of amides is 1. The molecular formula is C22H25N5O. The van der Waals surface area contributed by atoms with Gasteiger partial charge in [-0.3, -0.25) is 9.78 Å². The zero-order chi connectivity index (χ0) is 19.5. The quantitative estimate of drug-likeness (QED) is 0.755. The van der Waals surface area contributed by atoms with Gasteiger partial charge in [0.25, 0.3) is 0 Å². The highest BCUT2D eigenvalue weighted by Gasteiger charge is 2.25. The highest BCUT2D eigenvalue weighted by molar-refractivity contribution is 5.92. The minimum Gasteiger partial charge on any atom is -0.371 e. The fraction of sp³-hybridized carbons (Fsp3) is 0.318. The summed E-state index contributed by atoms with van der Waals surface area (Å²) in [6.45, 7) is 5.83. The van der Waals surface area contributed by atoms with Crippen LogP contribution in [-0.2, 0) is 4.79 Å². The normalized spacial score (nSPS) is 14.9. The van der Waals surface area contributed by atoms with E-state index in [2.05, 4.69) is 31.7 Å². The Kier molecular flexibility index (Phi) is 5.10. The smallest absolute Gasteiger partial charge is 0.227 e. The maximum Gasteiger partial charge on any atom is 0.227 e. The first kappa shape index (κ1) is 18.2. The average molecular weight is 375 g/mol. The van der Waals surface area contributed by atoms with Crippen molar-refractivity contribution in [2.45, 2.75) is 26.7 Å². The van der Waals surface area contributed by atoms with Gasteiger partial charge in [0.2, 0.25) is 5.91 Å². The minimum atomic E-state index is 0.0521. The SMILES string of the molecule is Cc1ncn(-c2ccc(NC(=O)C3CCN(c4ccncc4)CC3)cc2)c1C. The van der Waals surface area contributed by atoms with Gasteiger partial charge in [-0.2, -0.15) is 0 Å². The molecular weight excluding hydrogens is 350 g/mol. The molecule has 1 aliphatic rings. The molecule has 0 spiro atoms. The van der Waals surface area contributed by atoms with Gasteiger partial charge in [0.05, 0.1) is 12.0 Å². The summed E-state index contributed by atoms with van der Waals surface area (Å²) >= 11 is 0. The number of anilines is 2. The van der Waals surface area contributed by atoms with Crippen LogP contribution < -0.4 is 10.2 Å². The monoisotopic (exact) mass is 375 g/mol. The Bertz CT molecular complexity index is 941. The summed E-state index contributed by atoms with van der Waals surface area (Å²) in [5, 5.41) is 3.07. The Balaban J connectivity index is 1.35. The molecule has 3 aromatic rings. The standard InChI is InChI=1S/C22H25N5O/c1-16-17(2)27(15-24-16)21-5-3-19(4-6-21)25-22(28)18-9-13-26(14-10-18)20-7-11-23-12-8-20/h3-8,11-12,15,18H,9-10,13-14H2,1-2H3,(H,25,28). The molecule has 0 atom stereocenters. The molecule has 1 aromatic carbocycles. The summed E-state index contributed by atoms with van der Waals surface area (Å²) in [4.78, 5) is 23.4. The van der Waals surface area contributed by atoms with Crippen LogP contribution >= 0.6 is 0 Å².